The van der Waals surface area contributed by atoms with Crippen LogP contribution in [-0.2, 0) is 17.4 Å². The molecule has 0 aliphatic heterocycles. The Bertz CT molecular complexity index is 1460. The summed E-state index contributed by atoms with van der Waals surface area (Å²) in [5.41, 5.74) is -0.592. The van der Waals surface area contributed by atoms with Crippen molar-refractivity contribution in [2.75, 3.05) is 6.54 Å². The lowest BCUT2D eigenvalue weighted by Gasteiger charge is -2.40. The lowest BCUT2D eigenvalue weighted by atomic mass is 9.74. The van der Waals surface area contributed by atoms with Gasteiger partial charge in [0.1, 0.15) is 0 Å². The van der Waals surface area contributed by atoms with Crippen molar-refractivity contribution in [2.45, 2.75) is 96.8 Å². The number of rotatable bonds is 7. The van der Waals surface area contributed by atoms with E-state index in [1.807, 2.05) is 18.3 Å². The summed E-state index contributed by atoms with van der Waals surface area (Å²) in [5, 5.41) is 15.1. The number of fused-ring (bicyclic) bond motifs is 1. The molecule has 1 aromatic carbocycles. The number of hydrogen-bond donors (Lipinski definition) is 2. The molecule has 0 bridgehead atoms. The van der Waals surface area contributed by atoms with E-state index in [0.29, 0.717) is 24.3 Å². The van der Waals surface area contributed by atoms with E-state index in [1.54, 1.807) is 17.9 Å². The molecule has 0 spiro atoms. The Morgan fingerprint density at radius 2 is 1.79 bits per heavy atom. The molecule has 5 rings (SSSR count). The molecule has 2 heterocycles. The summed E-state index contributed by atoms with van der Waals surface area (Å²) >= 11 is 6.47. The molecule has 2 aliphatic rings. The molecule has 0 saturated heterocycles. The van der Waals surface area contributed by atoms with Crippen molar-refractivity contribution in [3.8, 4) is 0 Å². The summed E-state index contributed by atoms with van der Waals surface area (Å²) in [4.78, 5) is 30.6. The van der Waals surface area contributed by atoms with E-state index in [1.165, 1.54) is 0 Å². The number of aliphatic carboxylic acids is 1. The first-order valence-electron chi connectivity index (χ1n) is 14.6. The zero-order chi connectivity index (χ0) is 30.4. The standard InChI is InChI=1S/C31H38ClF3N4O3/c1-29(2)12-7-20(8-13-29)38(16-11-19-17-36-24-6-4-5-23(32)25(19)24)27(40)22-18-37-39(26(22)31(33,34)35)21-9-14-30(3,15-10-21)28(41)42/h4-6,17-18,20-21,36H,7-16H2,1-3H3,(H,41,42). The third kappa shape index (κ3) is 5.92. The van der Waals surface area contributed by atoms with Gasteiger partial charge in [-0.05, 0) is 87.8 Å². The van der Waals surface area contributed by atoms with Crippen molar-refractivity contribution >= 4 is 34.4 Å². The average Bonchev–Trinajstić information content (AvgIpc) is 3.55. The van der Waals surface area contributed by atoms with Crippen molar-refractivity contribution in [1.82, 2.24) is 19.7 Å². The number of amides is 1. The third-order valence-electron chi connectivity index (χ3n) is 9.58. The molecule has 2 saturated carbocycles. The van der Waals surface area contributed by atoms with Gasteiger partial charge in [0.05, 0.1) is 28.2 Å². The van der Waals surface area contributed by atoms with Crippen LogP contribution in [0, 0.1) is 10.8 Å². The minimum absolute atomic E-state index is 0.114. The fourth-order valence-corrected chi connectivity index (χ4v) is 7.02. The molecular weight excluding hydrogens is 569 g/mol. The largest absolute Gasteiger partial charge is 0.481 e. The number of nitrogens with one attached hydrogen (secondary N) is 1. The lowest BCUT2D eigenvalue weighted by molar-refractivity contribution is -0.152. The van der Waals surface area contributed by atoms with Crippen LogP contribution in [0.15, 0.2) is 30.6 Å². The number of carboxylic acid groups (broad SMARTS) is 1. The molecule has 2 aromatic heterocycles. The van der Waals surface area contributed by atoms with Crippen LogP contribution in [0.4, 0.5) is 13.2 Å². The number of carbonyl (C=O) groups is 2. The summed E-state index contributed by atoms with van der Waals surface area (Å²) in [6.07, 6.45) is 2.64. The number of nitrogens with zero attached hydrogens (tertiary/aromatic N) is 3. The Balaban J connectivity index is 1.46. The summed E-state index contributed by atoms with van der Waals surface area (Å²) in [6.45, 7) is 6.21. The molecule has 7 nitrogen and oxygen atoms in total. The maximum atomic E-state index is 14.6. The third-order valence-corrected chi connectivity index (χ3v) is 9.90. The predicted molar refractivity (Wildman–Crippen MR) is 155 cm³/mol. The molecule has 228 valence electrons. The van der Waals surface area contributed by atoms with Crippen LogP contribution in [0.5, 0.6) is 0 Å². The molecule has 2 N–H and O–H groups in total. The number of benzene rings is 1. The first-order chi connectivity index (χ1) is 19.7. The Kier molecular flexibility index (Phi) is 8.15. The van der Waals surface area contributed by atoms with Gasteiger partial charge >= 0.3 is 12.1 Å². The van der Waals surface area contributed by atoms with E-state index in [-0.39, 0.29) is 43.7 Å². The highest BCUT2D eigenvalue weighted by atomic mass is 35.5. The van der Waals surface area contributed by atoms with Crippen LogP contribution in [0.25, 0.3) is 10.9 Å². The van der Waals surface area contributed by atoms with Crippen molar-refractivity contribution in [3.05, 3.63) is 52.4 Å². The molecule has 3 aromatic rings. The zero-order valence-electron chi connectivity index (χ0n) is 24.2. The Labute approximate surface area is 248 Å². The minimum atomic E-state index is -4.81. The number of aromatic amines is 1. The molecule has 2 aliphatic carbocycles. The molecule has 11 heteroatoms. The predicted octanol–water partition coefficient (Wildman–Crippen LogP) is 7.90. The monoisotopic (exact) mass is 606 g/mol. The van der Waals surface area contributed by atoms with Gasteiger partial charge in [-0.2, -0.15) is 18.3 Å². The number of halogens is 4. The Morgan fingerprint density at radius 1 is 1.12 bits per heavy atom. The number of H-pyrrole nitrogens is 1. The van der Waals surface area contributed by atoms with Gasteiger partial charge in [-0.15, -0.1) is 0 Å². The second-order valence-corrected chi connectivity index (χ2v) is 13.5. The fourth-order valence-electron chi connectivity index (χ4n) is 6.72. The molecular formula is C31H38ClF3N4O3. The number of alkyl halides is 3. The second kappa shape index (κ2) is 11.2. The van der Waals surface area contributed by atoms with Crippen LogP contribution < -0.4 is 0 Å². The summed E-state index contributed by atoms with van der Waals surface area (Å²) in [6, 6.07) is 4.72. The van der Waals surface area contributed by atoms with Crippen molar-refractivity contribution < 1.29 is 27.9 Å². The maximum Gasteiger partial charge on any atom is 0.433 e. The van der Waals surface area contributed by atoms with E-state index in [2.05, 4.69) is 23.9 Å². The number of carbonyl (C=O) groups excluding carboxylic acids is 1. The van der Waals surface area contributed by atoms with E-state index in [9.17, 15) is 27.9 Å². The van der Waals surface area contributed by atoms with E-state index < -0.39 is 40.8 Å². The van der Waals surface area contributed by atoms with E-state index >= 15 is 0 Å². The van der Waals surface area contributed by atoms with Crippen LogP contribution in [0.2, 0.25) is 5.02 Å². The van der Waals surface area contributed by atoms with E-state index in [0.717, 1.165) is 40.2 Å². The van der Waals surface area contributed by atoms with Gasteiger partial charge in [0.15, 0.2) is 5.69 Å². The number of carboxylic acids is 1. The van der Waals surface area contributed by atoms with Gasteiger partial charge in [-0.1, -0.05) is 31.5 Å². The molecule has 42 heavy (non-hydrogen) atoms. The van der Waals surface area contributed by atoms with Gasteiger partial charge < -0.3 is 15.0 Å². The average molecular weight is 607 g/mol. The van der Waals surface area contributed by atoms with Gasteiger partial charge in [0.2, 0.25) is 0 Å². The summed E-state index contributed by atoms with van der Waals surface area (Å²) in [7, 11) is 0. The lowest BCUT2D eigenvalue weighted by Crippen LogP contribution is -2.45. The first kappa shape index (κ1) is 30.4. The van der Waals surface area contributed by atoms with Crippen LogP contribution in [-0.4, -0.2) is 49.2 Å². The topological polar surface area (TPSA) is 91.2 Å². The molecule has 2 fully saturated rings. The fraction of sp³-hybridized carbons (Fsp3) is 0.581. The maximum absolute atomic E-state index is 14.6. The minimum Gasteiger partial charge on any atom is -0.481 e. The van der Waals surface area contributed by atoms with Crippen LogP contribution in [0.1, 0.15) is 99.8 Å². The van der Waals surface area contributed by atoms with Gasteiger partial charge in [0, 0.05) is 29.7 Å². The Hall–Kier alpha value is -3.01. The number of aromatic nitrogens is 3. The van der Waals surface area contributed by atoms with Crippen LogP contribution >= 0.6 is 11.6 Å². The van der Waals surface area contributed by atoms with Gasteiger partial charge in [0.25, 0.3) is 5.91 Å². The van der Waals surface area contributed by atoms with Crippen molar-refractivity contribution in [1.29, 1.82) is 0 Å². The molecule has 0 radical (unpaired) electrons. The molecule has 1 amide bonds. The van der Waals surface area contributed by atoms with E-state index in [4.69, 9.17) is 11.6 Å². The Morgan fingerprint density at radius 3 is 2.40 bits per heavy atom. The normalized spacial score (nSPS) is 23.3. The van der Waals surface area contributed by atoms with Gasteiger partial charge in [-0.3, -0.25) is 14.3 Å². The SMILES string of the molecule is CC1(C)CCC(N(CCc2c[nH]c3cccc(Cl)c23)C(=O)c2cnn(C3CCC(C)(C(=O)O)CC3)c2C(F)(F)F)CC1. The van der Waals surface area contributed by atoms with Crippen molar-refractivity contribution in [3.63, 3.8) is 0 Å². The highest BCUT2D eigenvalue weighted by Crippen LogP contribution is 2.44. The summed E-state index contributed by atoms with van der Waals surface area (Å²) in [5.74, 6) is -1.62. The molecule has 0 atom stereocenters. The number of hydrogen-bond acceptors (Lipinski definition) is 3. The smallest absolute Gasteiger partial charge is 0.433 e. The molecule has 0 unspecified atom stereocenters. The van der Waals surface area contributed by atoms with Gasteiger partial charge in [-0.25, -0.2) is 0 Å². The quantitative estimate of drug-likeness (QED) is 0.286. The summed E-state index contributed by atoms with van der Waals surface area (Å²) < 4.78 is 44.8. The highest BCUT2D eigenvalue weighted by Gasteiger charge is 2.45. The zero-order valence-corrected chi connectivity index (χ0v) is 25.0. The highest BCUT2D eigenvalue weighted by molar-refractivity contribution is 6.35. The van der Waals surface area contributed by atoms with Crippen molar-refractivity contribution in [2.24, 2.45) is 10.8 Å². The second-order valence-electron chi connectivity index (χ2n) is 13.1. The first-order valence-corrected chi connectivity index (χ1v) is 15.0. The van der Waals surface area contributed by atoms with Crippen LogP contribution in [0.3, 0.4) is 0 Å².